The van der Waals surface area contributed by atoms with Gasteiger partial charge in [0.25, 0.3) is 0 Å². The van der Waals surface area contributed by atoms with E-state index in [9.17, 15) is 9.18 Å². The minimum atomic E-state index is -0.354. The van der Waals surface area contributed by atoms with Gasteiger partial charge < -0.3 is 5.32 Å². The molecule has 2 nitrogen and oxygen atoms in total. The number of rotatable bonds is 4. The molecule has 0 saturated heterocycles. The smallest absolute Gasteiger partial charge is 0.234 e. The van der Waals surface area contributed by atoms with Crippen LogP contribution in [-0.2, 0) is 4.79 Å². The van der Waals surface area contributed by atoms with E-state index in [0.717, 1.165) is 26.1 Å². The fourth-order valence-corrected chi connectivity index (χ4v) is 3.33. The minimum absolute atomic E-state index is 0.140. The summed E-state index contributed by atoms with van der Waals surface area (Å²) in [6, 6.07) is 8.48. The molecule has 0 unspecified atom stereocenters. The number of aryl methyl sites for hydroxylation is 3. The number of benzene rings is 2. The van der Waals surface area contributed by atoms with Crippen LogP contribution in [0.1, 0.15) is 16.7 Å². The highest BCUT2D eigenvalue weighted by Crippen LogP contribution is 2.28. The van der Waals surface area contributed by atoms with E-state index in [-0.39, 0.29) is 17.5 Å². The quantitative estimate of drug-likeness (QED) is 0.733. The maximum atomic E-state index is 13.2. The third-order valence-electron chi connectivity index (χ3n) is 3.29. The van der Waals surface area contributed by atoms with Crippen molar-refractivity contribution in [1.82, 2.24) is 0 Å². The Hall–Kier alpha value is -1.33. The molecule has 5 heteroatoms. The Kier molecular flexibility index (Phi) is 5.64. The molecule has 0 spiro atoms. The summed E-state index contributed by atoms with van der Waals surface area (Å²) in [6.07, 6.45) is 0. The van der Waals surface area contributed by atoms with E-state index in [1.165, 1.54) is 23.9 Å². The lowest BCUT2D eigenvalue weighted by Gasteiger charge is -2.10. The first-order valence-electron chi connectivity index (χ1n) is 6.82. The summed E-state index contributed by atoms with van der Waals surface area (Å²) in [6.45, 7) is 5.87. The number of hydrogen-bond donors (Lipinski definition) is 1. The zero-order chi connectivity index (χ0) is 16.3. The summed E-state index contributed by atoms with van der Waals surface area (Å²) < 4.78 is 14.3. The molecule has 0 radical (unpaired) electrons. The number of thioether (sulfide) groups is 1. The van der Waals surface area contributed by atoms with Gasteiger partial charge in [-0.15, -0.1) is 11.8 Å². The van der Waals surface area contributed by atoms with Crippen molar-refractivity contribution in [3.63, 3.8) is 0 Å². The van der Waals surface area contributed by atoms with Crippen molar-refractivity contribution in [2.75, 3.05) is 11.1 Å². The van der Waals surface area contributed by atoms with Crippen LogP contribution in [0.5, 0.6) is 0 Å². The number of nitrogens with one attached hydrogen (secondary N) is 1. The van der Waals surface area contributed by atoms with E-state index in [4.69, 9.17) is 0 Å². The molecule has 2 aromatic carbocycles. The molecule has 2 rings (SSSR count). The van der Waals surface area contributed by atoms with E-state index in [1.54, 1.807) is 6.07 Å². The lowest BCUT2D eigenvalue weighted by atomic mass is 10.2. The van der Waals surface area contributed by atoms with Crippen molar-refractivity contribution in [1.29, 1.82) is 0 Å². The summed E-state index contributed by atoms with van der Waals surface area (Å²) >= 11 is 4.98. The summed E-state index contributed by atoms with van der Waals surface area (Å²) in [4.78, 5) is 13.1. The van der Waals surface area contributed by atoms with Gasteiger partial charge >= 0.3 is 0 Å². The highest BCUT2D eigenvalue weighted by Gasteiger charge is 2.09. The van der Waals surface area contributed by atoms with Gasteiger partial charge in [-0.05, 0) is 61.7 Å². The third kappa shape index (κ3) is 4.34. The fraction of sp³-hybridized carbons (Fsp3) is 0.235. The molecule has 0 atom stereocenters. The Morgan fingerprint density at radius 1 is 1.14 bits per heavy atom. The van der Waals surface area contributed by atoms with Gasteiger partial charge in [0.2, 0.25) is 5.91 Å². The molecule has 116 valence electrons. The standard InChI is InChI=1S/C17H17BrFNOS/c1-10-4-5-13(19)8-15(10)20-17(21)9-22-16-7-11(2)14(18)6-12(16)3/h4-8H,9H2,1-3H3,(H,20,21). The Bertz CT molecular complexity index is 718. The largest absolute Gasteiger partial charge is 0.325 e. The molecule has 0 aliphatic heterocycles. The molecule has 0 saturated carbocycles. The second-order valence-corrected chi connectivity index (χ2v) is 7.03. The van der Waals surface area contributed by atoms with Crippen molar-refractivity contribution < 1.29 is 9.18 Å². The van der Waals surface area contributed by atoms with Crippen LogP contribution in [-0.4, -0.2) is 11.7 Å². The number of halogens is 2. The normalized spacial score (nSPS) is 10.6. The van der Waals surface area contributed by atoms with Crippen LogP contribution < -0.4 is 5.32 Å². The molecule has 1 N–H and O–H groups in total. The van der Waals surface area contributed by atoms with Gasteiger partial charge in [-0.2, -0.15) is 0 Å². The van der Waals surface area contributed by atoms with Crippen LogP contribution in [0.4, 0.5) is 10.1 Å². The van der Waals surface area contributed by atoms with E-state index in [1.807, 2.05) is 26.8 Å². The number of carbonyl (C=O) groups excluding carboxylic acids is 1. The maximum absolute atomic E-state index is 13.2. The van der Waals surface area contributed by atoms with Gasteiger partial charge in [-0.25, -0.2) is 4.39 Å². The highest BCUT2D eigenvalue weighted by molar-refractivity contribution is 9.10. The first-order valence-corrected chi connectivity index (χ1v) is 8.60. The van der Waals surface area contributed by atoms with Gasteiger partial charge in [0.15, 0.2) is 0 Å². The highest BCUT2D eigenvalue weighted by atomic mass is 79.9. The van der Waals surface area contributed by atoms with Gasteiger partial charge in [0, 0.05) is 15.1 Å². The molecule has 22 heavy (non-hydrogen) atoms. The van der Waals surface area contributed by atoms with E-state index in [2.05, 4.69) is 27.3 Å². The predicted molar refractivity (Wildman–Crippen MR) is 94.1 cm³/mol. The molecule has 0 aromatic heterocycles. The molecule has 0 heterocycles. The first kappa shape index (κ1) is 17.0. The average molecular weight is 382 g/mol. The number of anilines is 1. The van der Waals surface area contributed by atoms with Gasteiger partial charge in [-0.3, -0.25) is 4.79 Å². The van der Waals surface area contributed by atoms with Crippen molar-refractivity contribution >= 4 is 39.3 Å². The van der Waals surface area contributed by atoms with Crippen LogP contribution in [0.25, 0.3) is 0 Å². The second kappa shape index (κ2) is 7.29. The summed E-state index contributed by atoms with van der Waals surface area (Å²) in [5.74, 6) is -0.204. The van der Waals surface area contributed by atoms with Crippen molar-refractivity contribution in [3.8, 4) is 0 Å². The number of carbonyl (C=O) groups is 1. The van der Waals surface area contributed by atoms with Gasteiger partial charge in [-0.1, -0.05) is 22.0 Å². The topological polar surface area (TPSA) is 29.1 Å². The third-order valence-corrected chi connectivity index (χ3v) is 5.30. The monoisotopic (exact) mass is 381 g/mol. The lowest BCUT2D eigenvalue weighted by molar-refractivity contribution is -0.113. The maximum Gasteiger partial charge on any atom is 0.234 e. The molecule has 0 bridgehead atoms. The van der Waals surface area contributed by atoms with Crippen LogP contribution >= 0.6 is 27.7 Å². The molecule has 2 aromatic rings. The summed E-state index contributed by atoms with van der Waals surface area (Å²) in [5.41, 5.74) is 3.62. The second-order valence-electron chi connectivity index (χ2n) is 5.16. The van der Waals surface area contributed by atoms with Crippen molar-refractivity contribution in [2.24, 2.45) is 0 Å². The molecule has 0 fully saturated rings. The molecule has 0 aliphatic rings. The predicted octanol–water partition coefficient (Wildman–Crippen LogP) is 5.24. The average Bonchev–Trinajstić information content (AvgIpc) is 2.45. The number of hydrogen-bond acceptors (Lipinski definition) is 2. The Labute approximate surface area is 142 Å². The Morgan fingerprint density at radius 3 is 2.59 bits per heavy atom. The SMILES string of the molecule is Cc1cc(SCC(=O)Nc2cc(F)ccc2C)c(C)cc1Br. The van der Waals surface area contributed by atoms with E-state index < -0.39 is 0 Å². The van der Waals surface area contributed by atoms with Crippen molar-refractivity contribution in [2.45, 2.75) is 25.7 Å². The Balaban J connectivity index is 2.01. The van der Waals surface area contributed by atoms with Crippen molar-refractivity contribution in [3.05, 3.63) is 57.3 Å². The zero-order valence-electron chi connectivity index (χ0n) is 12.7. The first-order chi connectivity index (χ1) is 10.4. The summed E-state index contributed by atoms with van der Waals surface area (Å²) in [5, 5.41) is 2.76. The molecular formula is C17H17BrFNOS. The molecule has 1 amide bonds. The molecule has 0 aliphatic carbocycles. The van der Waals surface area contributed by atoms with Crippen LogP contribution in [0.2, 0.25) is 0 Å². The van der Waals surface area contributed by atoms with Crippen LogP contribution in [0.3, 0.4) is 0 Å². The Morgan fingerprint density at radius 2 is 1.86 bits per heavy atom. The van der Waals surface area contributed by atoms with Crippen LogP contribution in [0, 0.1) is 26.6 Å². The van der Waals surface area contributed by atoms with Gasteiger partial charge in [0.05, 0.1) is 5.75 Å². The lowest BCUT2D eigenvalue weighted by Crippen LogP contribution is -2.15. The fourth-order valence-electron chi connectivity index (χ4n) is 1.97. The van der Waals surface area contributed by atoms with E-state index >= 15 is 0 Å². The molecular weight excluding hydrogens is 365 g/mol. The van der Waals surface area contributed by atoms with E-state index in [0.29, 0.717) is 5.69 Å². The van der Waals surface area contributed by atoms with Crippen LogP contribution in [0.15, 0.2) is 39.7 Å². The minimum Gasteiger partial charge on any atom is -0.325 e. The summed E-state index contributed by atoms with van der Waals surface area (Å²) in [7, 11) is 0. The zero-order valence-corrected chi connectivity index (χ0v) is 15.1. The van der Waals surface area contributed by atoms with Gasteiger partial charge in [0.1, 0.15) is 5.82 Å². The number of amides is 1.